The number of hydrogen-bond donors (Lipinski definition) is 1. The summed E-state index contributed by atoms with van der Waals surface area (Å²) >= 11 is 0. The van der Waals surface area contributed by atoms with Gasteiger partial charge in [-0.1, -0.05) is 12.8 Å². The Hall–Kier alpha value is -1.51. The summed E-state index contributed by atoms with van der Waals surface area (Å²) in [5.41, 5.74) is 0.846. The predicted molar refractivity (Wildman–Crippen MR) is 77.4 cm³/mol. The lowest BCUT2D eigenvalue weighted by Crippen LogP contribution is -2.15. The summed E-state index contributed by atoms with van der Waals surface area (Å²) in [4.78, 5) is 11.9. The Bertz CT molecular complexity index is 405. The summed E-state index contributed by atoms with van der Waals surface area (Å²) < 4.78 is 5.57. The second-order valence-corrected chi connectivity index (χ2v) is 5.59. The van der Waals surface area contributed by atoms with Crippen molar-refractivity contribution >= 4 is 11.6 Å². The number of rotatable bonds is 5. The zero-order valence-corrected chi connectivity index (χ0v) is 11.8. The number of benzene rings is 1. The molecule has 1 aromatic rings. The summed E-state index contributed by atoms with van der Waals surface area (Å²) in [7, 11) is 0. The van der Waals surface area contributed by atoms with Gasteiger partial charge in [-0.05, 0) is 56.9 Å². The Balaban J connectivity index is 1.82. The van der Waals surface area contributed by atoms with Crippen LogP contribution in [-0.4, -0.2) is 12.0 Å². The quantitative estimate of drug-likeness (QED) is 0.870. The summed E-state index contributed by atoms with van der Waals surface area (Å²) in [5.74, 6) is 1.55. The van der Waals surface area contributed by atoms with E-state index in [0.29, 0.717) is 12.3 Å². The molecule has 1 aliphatic rings. The number of carbonyl (C=O) groups excluding carboxylic acids is 1. The third-order valence-electron chi connectivity index (χ3n) is 3.46. The largest absolute Gasteiger partial charge is 0.491 e. The zero-order chi connectivity index (χ0) is 13.7. The van der Waals surface area contributed by atoms with Crippen LogP contribution in [-0.2, 0) is 4.79 Å². The topological polar surface area (TPSA) is 38.3 Å². The Kier molecular flexibility index (Phi) is 4.83. The van der Waals surface area contributed by atoms with E-state index in [1.165, 1.54) is 25.7 Å². The van der Waals surface area contributed by atoms with Gasteiger partial charge in [0.2, 0.25) is 5.91 Å². The van der Waals surface area contributed by atoms with Crippen LogP contribution in [0.2, 0.25) is 0 Å². The molecule has 1 amide bonds. The van der Waals surface area contributed by atoms with Crippen molar-refractivity contribution in [3.63, 3.8) is 0 Å². The predicted octanol–water partition coefficient (Wildman–Crippen LogP) is 3.99. The molecule has 0 bridgehead atoms. The van der Waals surface area contributed by atoms with Crippen LogP contribution in [0.15, 0.2) is 24.3 Å². The third-order valence-corrected chi connectivity index (χ3v) is 3.46. The van der Waals surface area contributed by atoms with E-state index in [2.05, 4.69) is 5.32 Å². The molecule has 1 aromatic carbocycles. The van der Waals surface area contributed by atoms with Gasteiger partial charge in [-0.25, -0.2) is 0 Å². The molecule has 0 atom stereocenters. The molecule has 3 heteroatoms. The van der Waals surface area contributed by atoms with Gasteiger partial charge < -0.3 is 10.1 Å². The lowest BCUT2D eigenvalue weighted by Gasteiger charge is -2.12. The van der Waals surface area contributed by atoms with Gasteiger partial charge in [-0.2, -0.15) is 0 Å². The Morgan fingerprint density at radius 1 is 1.26 bits per heavy atom. The van der Waals surface area contributed by atoms with Crippen molar-refractivity contribution in [1.29, 1.82) is 0 Å². The van der Waals surface area contributed by atoms with Crippen molar-refractivity contribution in [2.24, 2.45) is 5.92 Å². The average Bonchev–Trinajstić information content (AvgIpc) is 2.83. The van der Waals surface area contributed by atoms with Crippen LogP contribution in [0.4, 0.5) is 5.69 Å². The number of nitrogens with one attached hydrogen (secondary N) is 1. The summed E-state index contributed by atoms with van der Waals surface area (Å²) in [6.45, 7) is 3.99. The van der Waals surface area contributed by atoms with Crippen molar-refractivity contribution in [2.45, 2.75) is 52.1 Å². The molecule has 1 N–H and O–H groups in total. The van der Waals surface area contributed by atoms with Crippen molar-refractivity contribution in [3.8, 4) is 5.75 Å². The molecular formula is C16H23NO2. The fourth-order valence-electron chi connectivity index (χ4n) is 2.58. The normalized spacial score (nSPS) is 15.7. The van der Waals surface area contributed by atoms with Gasteiger partial charge in [-0.15, -0.1) is 0 Å². The van der Waals surface area contributed by atoms with Gasteiger partial charge in [0, 0.05) is 12.1 Å². The highest BCUT2D eigenvalue weighted by molar-refractivity contribution is 5.90. The van der Waals surface area contributed by atoms with E-state index in [-0.39, 0.29) is 12.0 Å². The van der Waals surface area contributed by atoms with E-state index in [1.807, 2.05) is 38.1 Å². The molecule has 0 radical (unpaired) electrons. The lowest BCUT2D eigenvalue weighted by molar-refractivity contribution is -0.117. The van der Waals surface area contributed by atoms with E-state index in [1.54, 1.807) is 0 Å². The van der Waals surface area contributed by atoms with Gasteiger partial charge in [0.1, 0.15) is 5.75 Å². The van der Waals surface area contributed by atoms with Gasteiger partial charge in [0.25, 0.3) is 0 Å². The minimum atomic E-state index is 0.129. The SMILES string of the molecule is CC(C)Oc1ccc(NC(=O)CC2CCCC2)cc1. The van der Waals surface area contributed by atoms with Crippen molar-refractivity contribution in [2.75, 3.05) is 5.32 Å². The van der Waals surface area contributed by atoms with Crippen LogP contribution in [0, 0.1) is 5.92 Å². The molecular weight excluding hydrogens is 238 g/mol. The first kappa shape index (κ1) is 13.9. The number of ether oxygens (including phenoxy) is 1. The highest BCUT2D eigenvalue weighted by Gasteiger charge is 2.18. The number of anilines is 1. The van der Waals surface area contributed by atoms with Crippen LogP contribution < -0.4 is 10.1 Å². The second kappa shape index (κ2) is 6.60. The smallest absolute Gasteiger partial charge is 0.224 e. The first-order valence-corrected chi connectivity index (χ1v) is 7.20. The molecule has 0 heterocycles. The van der Waals surface area contributed by atoms with Gasteiger partial charge >= 0.3 is 0 Å². The zero-order valence-electron chi connectivity index (χ0n) is 11.8. The fraction of sp³-hybridized carbons (Fsp3) is 0.562. The van der Waals surface area contributed by atoms with E-state index in [0.717, 1.165) is 11.4 Å². The molecule has 1 fully saturated rings. The minimum Gasteiger partial charge on any atom is -0.491 e. The van der Waals surface area contributed by atoms with Crippen molar-refractivity contribution in [1.82, 2.24) is 0 Å². The van der Waals surface area contributed by atoms with Crippen LogP contribution in [0.25, 0.3) is 0 Å². The summed E-state index contributed by atoms with van der Waals surface area (Å²) in [5, 5.41) is 2.95. The summed E-state index contributed by atoms with van der Waals surface area (Å²) in [6.07, 6.45) is 5.79. The molecule has 19 heavy (non-hydrogen) atoms. The van der Waals surface area contributed by atoms with Crippen LogP contribution in [0.5, 0.6) is 5.75 Å². The van der Waals surface area contributed by atoms with E-state index in [4.69, 9.17) is 4.74 Å². The lowest BCUT2D eigenvalue weighted by atomic mass is 10.0. The molecule has 0 aliphatic heterocycles. The Morgan fingerprint density at radius 3 is 2.47 bits per heavy atom. The van der Waals surface area contributed by atoms with E-state index >= 15 is 0 Å². The Labute approximate surface area is 115 Å². The highest BCUT2D eigenvalue weighted by atomic mass is 16.5. The molecule has 3 nitrogen and oxygen atoms in total. The van der Waals surface area contributed by atoms with Crippen LogP contribution in [0.3, 0.4) is 0 Å². The van der Waals surface area contributed by atoms with Crippen LogP contribution in [0.1, 0.15) is 46.0 Å². The summed E-state index contributed by atoms with van der Waals surface area (Å²) in [6, 6.07) is 7.57. The van der Waals surface area contributed by atoms with E-state index in [9.17, 15) is 4.79 Å². The molecule has 0 unspecified atom stereocenters. The molecule has 1 aliphatic carbocycles. The third kappa shape index (κ3) is 4.58. The maximum atomic E-state index is 11.9. The van der Waals surface area contributed by atoms with Gasteiger partial charge in [-0.3, -0.25) is 4.79 Å². The monoisotopic (exact) mass is 261 g/mol. The number of hydrogen-bond acceptors (Lipinski definition) is 2. The molecule has 0 aromatic heterocycles. The average molecular weight is 261 g/mol. The van der Waals surface area contributed by atoms with Crippen molar-refractivity contribution < 1.29 is 9.53 Å². The number of amides is 1. The Morgan fingerprint density at radius 2 is 1.89 bits per heavy atom. The standard InChI is InChI=1S/C16H23NO2/c1-12(2)19-15-9-7-14(8-10-15)17-16(18)11-13-5-3-4-6-13/h7-10,12-13H,3-6,11H2,1-2H3,(H,17,18). The number of carbonyl (C=O) groups is 1. The second-order valence-electron chi connectivity index (χ2n) is 5.59. The molecule has 104 valence electrons. The molecule has 1 saturated carbocycles. The minimum absolute atomic E-state index is 0.129. The molecule has 0 spiro atoms. The first-order chi connectivity index (χ1) is 9.13. The maximum absolute atomic E-state index is 11.9. The van der Waals surface area contributed by atoms with Crippen molar-refractivity contribution in [3.05, 3.63) is 24.3 Å². The molecule has 0 saturated heterocycles. The fourth-order valence-corrected chi connectivity index (χ4v) is 2.58. The van der Waals surface area contributed by atoms with Gasteiger partial charge in [0.15, 0.2) is 0 Å². The highest BCUT2D eigenvalue weighted by Crippen LogP contribution is 2.28. The van der Waals surface area contributed by atoms with E-state index < -0.39 is 0 Å². The van der Waals surface area contributed by atoms with Gasteiger partial charge in [0.05, 0.1) is 6.10 Å². The first-order valence-electron chi connectivity index (χ1n) is 7.20. The van der Waals surface area contributed by atoms with Crippen LogP contribution >= 0.6 is 0 Å². The maximum Gasteiger partial charge on any atom is 0.224 e. The molecule has 2 rings (SSSR count).